The fraction of sp³-hybridized carbons (Fsp3) is 0.222. The molecule has 1 aliphatic rings. The van der Waals surface area contributed by atoms with E-state index in [2.05, 4.69) is 12.1 Å². The van der Waals surface area contributed by atoms with E-state index >= 15 is 0 Å². The molecule has 4 nitrogen and oxygen atoms in total. The van der Waals surface area contributed by atoms with Crippen molar-refractivity contribution in [3.05, 3.63) is 35.1 Å². The Morgan fingerprint density at radius 2 is 2.38 bits per heavy atom. The largest absolute Gasteiger partial charge is 0.462 e. The Hall–Kier alpha value is -1.42. The highest BCUT2D eigenvalue weighted by atomic mass is 16.6. The molecule has 0 amide bonds. The summed E-state index contributed by atoms with van der Waals surface area (Å²) in [4.78, 5) is 10.4. The molecule has 1 aromatic rings. The predicted octanol–water partition coefficient (Wildman–Crippen LogP) is 1.52. The maximum Gasteiger partial charge on any atom is 0.201 e. The van der Waals surface area contributed by atoms with Gasteiger partial charge in [0.2, 0.25) is 6.29 Å². The number of ether oxygens (including phenoxy) is 1. The van der Waals surface area contributed by atoms with E-state index < -0.39 is 6.29 Å². The van der Waals surface area contributed by atoms with E-state index in [1.807, 2.05) is 0 Å². The van der Waals surface area contributed by atoms with E-state index in [0.717, 1.165) is 11.1 Å². The van der Waals surface area contributed by atoms with Crippen LogP contribution in [0.1, 0.15) is 11.1 Å². The van der Waals surface area contributed by atoms with Gasteiger partial charge in [-0.2, -0.15) is 0 Å². The van der Waals surface area contributed by atoms with Crippen molar-refractivity contribution < 1.29 is 9.84 Å². The van der Waals surface area contributed by atoms with Gasteiger partial charge < -0.3 is 9.84 Å². The molecule has 1 radical (unpaired) electrons. The second kappa shape index (κ2) is 2.81. The number of hydrogen-bond donors (Lipinski definition) is 1. The molecule has 0 fully saturated rings. The first kappa shape index (κ1) is 8.19. The average molecular weight is 178 g/mol. The topological polar surface area (TPSA) is 58.9 Å². The molecule has 1 atom stereocenters. The van der Waals surface area contributed by atoms with Gasteiger partial charge in [-0.1, -0.05) is 6.07 Å². The summed E-state index contributed by atoms with van der Waals surface area (Å²) in [5, 5.41) is 12.0. The zero-order valence-electron chi connectivity index (χ0n) is 6.86. The van der Waals surface area contributed by atoms with Gasteiger partial charge in [0.05, 0.1) is 0 Å². The number of rotatable bonds is 1. The molecule has 1 unspecified atom stereocenters. The molecular weight excluding hydrogens is 170 g/mol. The highest BCUT2D eigenvalue weighted by Crippen LogP contribution is 2.39. The number of fused-ring (bicyclic) bond motifs is 1. The van der Waals surface area contributed by atoms with Gasteiger partial charge in [0, 0.05) is 12.0 Å². The van der Waals surface area contributed by atoms with Crippen LogP contribution in [-0.2, 0) is 6.42 Å². The van der Waals surface area contributed by atoms with Gasteiger partial charge in [-0.15, -0.1) is 4.91 Å². The Morgan fingerprint density at radius 1 is 1.62 bits per heavy atom. The van der Waals surface area contributed by atoms with E-state index in [1.54, 1.807) is 6.07 Å². The molecule has 1 heterocycles. The zero-order valence-corrected chi connectivity index (χ0v) is 6.86. The van der Waals surface area contributed by atoms with E-state index in [-0.39, 0.29) is 5.69 Å². The minimum atomic E-state index is -0.876. The summed E-state index contributed by atoms with van der Waals surface area (Å²) in [5.74, 6) is 0.370. The minimum Gasteiger partial charge on any atom is -0.462 e. The second-order valence-corrected chi connectivity index (χ2v) is 2.92. The lowest BCUT2D eigenvalue weighted by atomic mass is 10.1. The van der Waals surface area contributed by atoms with E-state index in [4.69, 9.17) is 4.74 Å². The minimum absolute atomic E-state index is 0.221. The third-order valence-electron chi connectivity index (χ3n) is 2.07. The molecule has 67 valence electrons. The second-order valence-electron chi connectivity index (χ2n) is 2.92. The summed E-state index contributed by atoms with van der Waals surface area (Å²) in [5.41, 5.74) is 1.75. The lowest BCUT2D eigenvalue weighted by Gasteiger charge is -2.03. The smallest absolute Gasteiger partial charge is 0.201 e. The van der Waals surface area contributed by atoms with Gasteiger partial charge in [0.1, 0.15) is 5.69 Å². The number of aliphatic hydroxyl groups is 1. The summed E-state index contributed by atoms with van der Waals surface area (Å²) in [6.45, 7) is 3.77. The van der Waals surface area contributed by atoms with E-state index in [9.17, 15) is 10.0 Å². The van der Waals surface area contributed by atoms with Gasteiger partial charge in [-0.25, -0.2) is 0 Å². The van der Waals surface area contributed by atoms with E-state index in [1.165, 1.54) is 6.07 Å². The van der Waals surface area contributed by atoms with Crippen molar-refractivity contribution >= 4 is 5.69 Å². The molecule has 1 N–H and O–H groups in total. The van der Waals surface area contributed by atoms with Crippen LogP contribution in [0.3, 0.4) is 0 Å². The van der Waals surface area contributed by atoms with Crippen molar-refractivity contribution in [2.45, 2.75) is 12.7 Å². The molecular formula is C9H8NO3. The number of nitroso groups, excluding NO2 is 1. The maximum atomic E-state index is 10.4. The van der Waals surface area contributed by atoms with Gasteiger partial charge in [-0.3, -0.25) is 0 Å². The fourth-order valence-corrected chi connectivity index (χ4v) is 1.44. The maximum absolute atomic E-state index is 10.4. The summed E-state index contributed by atoms with van der Waals surface area (Å²) in [7, 11) is 0. The summed E-state index contributed by atoms with van der Waals surface area (Å²) < 4.78 is 5.03. The molecule has 1 aliphatic heterocycles. The van der Waals surface area contributed by atoms with Crippen molar-refractivity contribution in [2.24, 2.45) is 5.18 Å². The highest BCUT2D eigenvalue weighted by molar-refractivity contribution is 5.61. The normalized spacial score (nSPS) is 19.4. The van der Waals surface area contributed by atoms with Gasteiger partial charge in [-0.05, 0) is 23.7 Å². The quantitative estimate of drug-likeness (QED) is 0.663. The van der Waals surface area contributed by atoms with Crippen molar-refractivity contribution in [3.8, 4) is 5.75 Å². The van der Waals surface area contributed by atoms with Gasteiger partial charge in [0.15, 0.2) is 5.75 Å². The van der Waals surface area contributed by atoms with Crippen LogP contribution in [0.4, 0.5) is 5.69 Å². The van der Waals surface area contributed by atoms with E-state index in [0.29, 0.717) is 12.2 Å². The number of hydrogen-bond acceptors (Lipinski definition) is 4. The Bertz CT molecular complexity index is 362. The Morgan fingerprint density at radius 3 is 3.08 bits per heavy atom. The number of nitrogens with zero attached hydrogens (tertiary/aromatic N) is 1. The molecule has 4 heteroatoms. The van der Waals surface area contributed by atoms with Crippen LogP contribution in [0.5, 0.6) is 5.75 Å². The Balaban J connectivity index is 2.58. The zero-order chi connectivity index (χ0) is 9.42. The van der Waals surface area contributed by atoms with Crippen molar-refractivity contribution in [1.29, 1.82) is 0 Å². The summed E-state index contributed by atoms with van der Waals surface area (Å²) in [6, 6.07) is 3.23. The first-order valence-electron chi connectivity index (χ1n) is 3.88. The molecule has 0 saturated heterocycles. The Labute approximate surface area is 75.1 Å². The van der Waals surface area contributed by atoms with Gasteiger partial charge >= 0.3 is 0 Å². The fourth-order valence-electron chi connectivity index (χ4n) is 1.44. The van der Waals surface area contributed by atoms with Crippen molar-refractivity contribution in [3.63, 3.8) is 0 Å². The van der Waals surface area contributed by atoms with Crippen LogP contribution in [0.15, 0.2) is 17.3 Å². The van der Waals surface area contributed by atoms with Crippen molar-refractivity contribution in [1.82, 2.24) is 0 Å². The third kappa shape index (κ3) is 1.19. The van der Waals surface area contributed by atoms with Crippen LogP contribution in [0.25, 0.3) is 0 Å². The van der Waals surface area contributed by atoms with Gasteiger partial charge in [0.25, 0.3) is 0 Å². The first-order chi connectivity index (χ1) is 6.22. The van der Waals surface area contributed by atoms with Crippen LogP contribution in [-0.4, -0.2) is 11.4 Å². The molecule has 0 bridgehead atoms. The first-order valence-corrected chi connectivity index (χ1v) is 3.88. The molecule has 0 spiro atoms. The standard InChI is InChI=1S/C9H8NO3/c1-5-2-3-7(10-12)9-6(5)4-8(11)13-9/h2-3,8,11H,1,4H2. The van der Waals surface area contributed by atoms with Crippen molar-refractivity contribution in [2.75, 3.05) is 0 Å². The van der Waals surface area contributed by atoms with Crippen LogP contribution in [0, 0.1) is 11.8 Å². The molecule has 1 aromatic carbocycles. The lowest BCUT2D eigenvalue weighted by molar-refractivity contribution is 0.00247. The third-order valence-corrected chi connectivity index (χ3v) is 2.07. The molecule has 0 aliphatic carbocycles. The average Bonchev–Trinajstić information content (AvgIpc) is 2.48. The molecule has 2 rings (SSSR count). The summed E-state index contributed by atoms with van der Waals surface area (Å²) >= 11 is 0. The molecule has 13 heavy (non-hydrogen) atoms. The number of aliphatic hydroxyl groups excluding tert-OH is 1. The Kier molecular flexibility index (Phi) is 1.77. The SMILES string of the molecule is [CH2]c1ccc(N=O)c2c1CC(O)O2. The monoisotopic (exact) mass is 178 g/mol. The van der Waals surface area contributed by atoms with Crippen LogP contribution >= 0.6 is 0 Å². The number of benzene rings is 1. The lowest BCUT2D eigenvalue weighted by Crippen LogP contribution is -2.10. The predicted molar refractivity (Wildman–Crippen MR) is 46.7 cm³/mol. The highest BCUT2D eigenvalue weighted by Gasteiger charge is 2.25. The molecule has 0 saturated carbocycles. The van der Waals surface area contributed by atoms with Crippen LogP contribution in [0.2, 0.25) is 0 Å². The molecule has 0 aromatic heterocycles. The van der Waals surface area contributed by atoms with Crippen LogP contribution < -0.4 is 4.74 Å². The summed E-state index contributed by atoms with van der Waals surface area (Å²) in [6.07, 6.45) is -0.504.